The molecular formula is C14H22ClNOS. The van der Waals surface area contributed by atoms with E-state index in [1.54, 1.807) is 11.3 Å². The van der Waals surface area contributed by atoms with Gasteiger partial charge in [-0.1, -0.05) is 18.5 Å². The summed E-state index contributed by atoms with van der Waals surface area (Å²) in [6.07, 6.45) is 3.57. The van der Waals surface area contributed by atoms with E-state index in [1.165, 1.54) is 23.3 Å². The first-order valence-electron chi connectivity index (χ1n) is 6.79. The van der Waals surface area contributed by atoms with Gasteiger partial charge in [0.25, 0.3) is 0 Å². The second kappa shape index (κ2) is 6.90. The van der Waals surface area contributed by atoms with E-state index in [1.807, 2.05) is 0 Å². The molecule has 1 aliphatic rings. The molecule has 2 atom stereocenters. The lowest BCUT2D eigenvalue weighted by Gasteiger charge is -2.30. The molecule has 1 aromatic rings. The summed E-state index contributed by atoms with van der Waals surface area (Å²) < 4.78 is 6.55. The lowest BCUT2D eigenvalue weighted by molar-refractivity contribution is 0.0395. The highest BCUT2D eigenvalue weighted by Crippen LogP contribution is 2.36. The average molecular weight is 288 g/mol. The number of rotatable bonds is 5. The number of hydrogen-bond acceptors (Lipinski definition) is 3. The average Bonchev–Trinajstić information content (AvgIpc) is 2.71. The van der Waals surface area contributed by atoms with E-state index in [-0.39, 0.29) is 0 Å². The number of halogens is 1. The Morgan fingerprint density at radius 2 is 2.44 bits per heavy atom. The van der Waals surface area contributed by atoms with Crippen LogP contribution in [0.25, 0.3) is 0 Å². The number of hydrogen-bond donors (Lipinski definition) is 1. The molecule has 0 amide bonds. The Labute approximate surface area is 119 Å². The Balaban J connectivity index is 2.12. The maximum atomic E-state index is 6.21. The van der Waals surface area contributed by atoms with Crippen LogP contribution in [0.4, 0.5) is 0 Å². The minimum Gasteiger partial charge on any atom is -0.381 e. The largest absolute Gasteiger partial charge is 0.381 e. The summed E-state index contributed by atoms with van der Waals surface area (Å²) in [6.45, 7) is 7.12. The Hall–Kier alpha value is -0.0900. The smallest absolute Gasteiger partial charge is 0.0960 e. The number of aryl methyl sites for hydroxylation is 1. The Bertz CT molecular complexity index is 354. The van der Waals surface area contributed by atoms with Crippen LogP contribution in [0.2, 0.25) is 4.34 Å². The molecule has 0 aliphatic carbocycles. The normalized spacial score (nSPS) is 22.1. The zero-order chi connectivity index (χ0) is 13.0. The molecule has 2 unspecified atom stereocenters. The fourth-order valence-corrected chi connectivity index (χ4v) is 3.85. The highest BCUT2D eigenvalue weighted by Gasteiger charge is 2.26. The van der Waals surface area contributed by atoms with E-state index >= 15 is 0 Å². The molecule has 2 rings (SSSR count). The van der Waals surface area contributed by atoms with E-state index in [4.69, 9.17) is 16.3 Å². The minimum atomic E-state index is 0.404. The molecule has 102 valence electrons. The van der Waals surface area contributed by atoms with Crippen LogP contribution >= 0.6 is 22.9 Å². The van der Waals surface area contributed by atoms with Crippen molar-refractivity contribution in [3.05, 3.63) is 20.8 Å². The van der Waals surface area contributed by atoms with Crippen LogP contribution in [0.5, 0.6) is 0 Å². The van der Waals surface area contributed by atoms with Crippen molar-refractivity contribution in [1.29, 1.82) is 0 Å². The highest BCUT2D eigenvalue weighted by atomic mass is 35.5. The second-order valence-electron chi connectivity index (χ2n) is 5.01. The highest BCUT2D eigenvalue weighted by molar-refractivity contribution is 7.16. The van der Waals surface area contributed by atoms with Crippen molar-refractivity contribution in [3.8, 4) is 0 Å². The van der Waals surface area contributed by atoms with Gasteiger partial charge in [-0.15, -0.1) is 11.3 Å². The summed E-state index contributed by atoms with van der Waals surface area (Å²) >= 11 is 7.92. The summed E-state index contributed by atoms with van der Waals surface area (Å²) in [6, 6.07) is 2.64. The molecule has 18 heavy (non-hydrogen) atoms. The SMILES string of the molecule is CCCNC(c1cc(C)c(Cl)s1)C1CCCOC1. The molecule has 1 saturated heterocycles. The van der Waals surface area contributed by atoms with Crippen molar-refractivity contribution in [2.24, 2.45) is 5.92 Å². The first-order valence-corrected chi connectivity index (χ1v) is 7.98. The standard InChI is InChI=1S/C14H22ClNOS/c1-3-6-16-13(11-5-4-7-17-9-11)12-8-10(2)14(15)18-12/h8,11,13,16H,3-7,9H2,1-2H3. The lowest BCUT2D eigenvalue weighted by Crippen LogP contribution is -2.33. The van der Waals surface area contributed by atoms with E-state index in [0.29, 0.717) is 12.0 Å². The predicted molar refractivity (Wildman–Crippen MR) is 78.6 cm³/mol. The molecule has 4 heteroatoms. The van der Waals surface area contributed by atoms with Gasteiger partial charge < -0.3 is 10.1 Å². The van der Waals surface area contributed by atoms with Crippen molar-refractivity contribution >= 4 is 22.9 Å². The van der Waals surface area contributed by atoms with Gasteiger partial charge in [0.1, 0.15) is 0 Å². The fraction of sp³-hybridized carbons (Fsp3) is 0.714. The molecule has 0 radical (unpaired) electrons. The van der Waals surface area contributed by atoms with Crippen LogP contribution in [0.3, 0.4) is 0 Å². The first-order chi connectivity index (χ1) is 8.72. The van der Waals surface area contributed by atoms with Gasteiger partial charge in [0.2, 0.25) is 0 Å². The van der Waals surface area contributed by atoms with Crippen molar-refractivity contribution in [3.63, 3.8) is 0 Å². The Morgan fingerprint density at radius 1 is 1.61 bits per heavy atom. The molecule has 2 nitrogen and oxygen atoms in total. The summed E-state index contributed by atoms with van der Waals surface area (Å²) in [5.41, 5.74) is 1.19. The van der Waals surface area contributed by atoms with Gasteiger partial charge in [0, 0.05) is 23.4 Å². The Kier molecular flexibility index (Phi) is 5.49. The maximum absolute atomic E-state index is 6.21. The van der Waals surface area contributed by atoms with Crippen molar-refractivity contribution < 1.29 is 4.74 Å². The third-order valence-electron chi connectivity index (χ3n) is 3.46. The fourth-order valence-electron chi connectivity index (χ4n) is 2.46. The Morgan fingerprint density at radius 3 is 3.00 bits per heavy atom. The quantitative estimate of drug-likeness (QED) is 0.877. The number of ether oxygens (including phenoxy) is 1. The minimum absolute atomic E-state index is 0.404. The van der Waals surface area contributed by atoms with Crippen LogP contribution < -0.4 is 5.32 Å². The zero-order valence-electron chi connectivity index (χ0n) is 11.2. The number of nitrogens with one attached hydrogen (secondary N) is 1. The van der Waals surface area contributed by atoms with Crippen molar-refractivity contribution in [2.45, 2.75) is 39.2 Å². The second-order valence-corrected chi connectivity index (χ2v) is 6.70. The van der Waals surface area contributed by atoms with E-state index < -0.39 is 0 Å². The van der Waals surface area contributed by atoms with Crippen LogP contribution in [-0.2, 0) is 4.74 Å². The molecule has 2 heterocycles. The van der Waals surface area contributed by atoms with Gasteiger partial charge in [0.15, 0.2) is 0 Å². The zero-order valence-corrected chi connectivity index (χ0v) is 12.7. The summed E-state index contributed by atoms with van der Waals surface area (Å²) in [5.74, 6) is 0.583. The van der Waals surface area contributed by atoms with Crippen LogP contribution in [-0.4, -0.2) is 19.8 Å². The van der Waals surface area contributed by atoms with Gasteiger partial charge in [-0.25, -0.2) is 0 Å². The topological polar surface area (TPSA) is 21.3 Å². The molecule has 1 aliphatic heterocycles. The third-order valence-corrected chi connectivity index (χ3v) is 5.10. The monoisotopic (exact) mass is 287 g/mol. The van der Waals surface area contributed by atoms with Gasteiger partial charge >= 0.3 is 0 Å². The van der Waals surface area contributed by atoms with Crippen LogP contribution in [0.1, 0.15) is 42.7 Å². The van der Waals surface area contributed by atoms with E-state index in [0.717, 1.165) is 30.5 Å². The molecular weight excluding hydrogens is 266 g/mol. The first kappa shape index (κ1) is 14.3. The molecule has 0 saturated carbocycles. The molecule has 1 N–H and O–H groups in total. The van der Waals surface area contributed by atoms with Gasteiger partial charge in [0.05, 0.1) is 10.9 Å². The van der Waals surface area contributed by atoms with Crippen molar-refractivity contribution in [1.82, 2.24) is 5.32 Å². The molecule has 0 spiro atoms. The lowest BCUT2D eigenvalue weighted by atomic mass is 9.92. The van der Waals surface area contributed by atoms with E-state index in [2.05, 4.69) is 25.2 Å². The maximum Gasteiger partial charge on any atom is 0.0960 e. The summed E-state index contributed by atoms with van der Waals surface area (Å²) in [7, 11) is 0. The van der Waals surface area contributed by atoms with Gasteiger partial charge in [-0.05, 0) is 44.4 Å². The summed E-state index contributed by atoms with van der Waals surface area (Å²) in [5, 5.41) is 3.67. The number of thiophene rings is 1. The van der Waals surface area contributed by atoms with Crippen LogP contribution in [0, 0.1) is 12.8 Å². The summed E-state index contributed by atoms with van der Waals surface area (Å²) in [4.78, 5) is 1.36. The van der Waals surface area contributed by atoms with Gasteiger partial charge in [-0.3, -0.25) is 0 Å². The molecule has 1 aromatic heterocycles. The predicted octanol–water partition coefficient (Wildman–Crippen LogP) is 4.18. The van der Waals surface area contributed by atoms with Crippen LogP contribution in [0.15, 0.2) is 6.07 Å². The van der Waals surface area contributed by atoms with Gasteiger partial charge in [-0.2, -0.15) is 0 Å². The van der Waals surface area contributed by atoms with E-state index in [9.17, 15) is 0 Å². The molecule has 1 fully saturated rings. The molecule has 0 bridgehead atoms. The third kappa shape index (κ3) is 3.47. The molecule has 0 aromatic carbocycles. The van der Waals surface area contributed by atoms with Crippen molar-refractivity contribution in [2.75, 3.05) is 19.8 Å².